The van der Waals surface area contributed by atoms with E-state index in [0.717, 1.165) is 0 Å². The number of carbonyl (C=O) groups is 1. The standard InChI is InChI=1S/C13H10N2O3/c1-9(16)11-7-12(15(17)18)13(14-8-11)10-5-3-2-4-6-10/h2-8H,1H3. The molecule has 0 saturated carbocycles. The van der Waals surface area contributed by atoms with Gasteiger partial charge in [-0.2, -0.15) is 0 Å². The van der Waals surface area contributed by atoms with Crippen molar-refractivity contribution in [3.05, 3.63) is 58.3 Å². The third-order valence-corrected chi connectivity index (χ3v) is 2.52. The normalized spacial score (nSPS) is 10.1. The first-order chi connectivity index (χ1) is 8.59. The molecule has 0 saturated heterocycles. The molecular weight excluding hydrogens is 232 g/mol. The number of carbonyl (C=O) groups excluding carboxylic acids is 1. The van der Waals surface area contributed by atoms with Crippen LogP contribution in [0.5, 0.6) is 0 Å². The minimum absolute atomic E-state index is 0.158. The molecule has 0 aliphatic carbocycles. The summed E-state index contributed by atoms with van der Waals surface area (Å²) < 4.78 is 0. The maximum atomic E-state index is 11.2. The molecule has 2 rings (SSSR count). The molecule has 0 aliphatic heterocycles. The van der Waals surface area contributed by atoms with Crippen LogP contribution < -0.4 is 0 Å². The highest BCUT2D eigenvalue weighted by Gasteiger charge is 2.18. The Morgan fingerprint density at radius 3 is 2.50 bits per heavy atom. The Bertz CT molecular complexity index is 609. The van der Waals surface area contributed by atoms with E-state index in [4.69, 9.17) is 0 Å². The molecule has 0 amide bonds. The highest BCUT2D eigenvalue weighted by atomic mass is 16.6. The fourth-order valence-electron chi connectivity index (χ4n) is 1.60. The van der Waals surface area contributed by atoms with E-state index >= 15 is 0 Å². The van der Waals surface area contributed by atoms with Crippen LogP contribution >= 0.6 is 0 Å². The van der Waals surface area contributed by atoms with E-state index in [1.165, 1.54) is 19.2 Å². The van der Waals surface area contributed by atoms with Gasteiger partial charge in [0.1, 0.15) is 5.69 Å². The van der Waals surface area contributed by atoms with Crippen molar-refractivity contribution in [1.29, 1.82) is 0 Å². The fraction of sp³-hybridized carbons (Fsp3) is 0.0769. The van der Waals surface area contributed by atoms with Gasteiger partial charge < -0.3 is 0 Å². The van der Waals surface area contributed by atoms with Crippen LogP contribution in [0.1, 0.15) is 17.3 Å². The van der Waals surface area contributed by atoms with Crippen molar-refractivity contribution in [3.8, 4) is 11.3 Å². The quantitative estimate of drug-likeness (QED) is 0.471. The molecule has 5 heteroatoms. The number of hydrogen-bond acceptors (Lipinski definition) is 4. The molecule has 0 atom stereocenters. The summed E-state index contributed by atoms with van der Waals surface area (Å²) in [6.45, 7) is 1.35. The summed E-state index contributed by atoms with van der Waals surface area (Å²) >= 11 is 0. The molecular formula is C13H10N2O3. The van der Waals surface area contributed by atoms with Crippen LogP contribution in [0.2, 0.25) is 0 Å². The van der Waals surface area contributed by atoms with Gasteiger partial charge in [-0.15, -0.1) is 0 Å². The summed E-state index contributed by atoms with van der Waals surface area (Å²) in [6, 6.07) is 10.1. The van der Waals surface area contributed by atoms with Crippen LogP contribution in [0, 0.1) is 10.1 Å². The molecule has 0 N–H and O–H groups in total. The number of pyridine rings is 1. The molecule has 0 fully saturated rings. The Hall–Kier alpha value is -2.56. The number of Topliss-reactive ketones (excluding diaryl/α,β-unsaturated/α-hetero) is 1. The third kappa shape index (κ3) is 2.24. The second-order valence-corrected chi connectivity index (χ2v) is 3.77. The van der Waals surface area contributed by atoms with Gasteiger partial charge in [-0.25, -0.2) is 4.98 Å². The van der Waals surface area contributed by atoms with Crippen LogP contribution in [0.4, 0.5) is 5.69 Å². The fourth-order valence-corrected chi connectivity index (χ4v) is 1.60. The summed E-state index contributed by atoms with van der Waals surface area (Å²) in [5, 5.41) is 11.0. The van der Waals surface area contributed by atoms with Crippen LogP contribution in [-0.4, -0.2) is 15.7 Å². The molecule has 0 spiro atoms. The topological polar surface area (TPSA) is 73.1 Å². The first-order valence-corrected chi connectivity index (χ1v) is 5.30. The number of nitro groups is 1. The monoisotopic (exact) mass is 242 g/mol. The first-order valence-electron chi connectivity index (χ1n) is 5.30. The van der Waals surface area contributed by atoms with E-state index in [-0.39, 0.29) is 22.7 Å². The molecule has 1 heterocycles. The molecule has 1 aromatic carbocycles. The van der Waals surface area contributed by atoms with E-state index in [1.54, 1.807) is 24.3 Å². The lowest BCUT2D eigenvalue weighted by Gasteiger charge is -2.03. The number of nitrogens with zero attached hydrogens (tertiary/aromatic N) is 2. The van der Waals surface area contributed by atoms with Crippen molar-refractivity contribution in [2.45, 2.75) is 6.92 Å². The molecule has 1 aromatic heterocycles. The summed E-state index contributed by atoms with van der Waals surface area (Å²) in [5.41, 5.74) is 1.00. The molecule has 0 unspecified atom stereocenters. The zero-order valence-electron chi connectivity index (χ0n) is 9.66. The molecule has 0 bridgehead atoms. The number of rotatable bonds is 3. The average Bonchev–Trinajstić information content (AvgIpc) is 2.39. The van der Waals surface area contributed by atoms with Crippen molar-refractivity contribution in [1.82, 2.24) is 4.98 Å². The SMILES string of the molecule is CC(=O)c1cnc(-c2ccccc2)c([N+](=O)[O-])c1. The van der Waals surface area contributed by atoms with Gasteiger partial charge in [0, 0.05) is 23.4 Å². The minimum Gasteiger partial charge on any atom is -0.294 e. The Morgan fingerprint density at radius 1 is 1.28 bits per heavy atom. The van der Waals surface area contributed by atoms with Crippen LogP contribution in [0.15, 0.2) is 42.6 Å². The maximum absolute atomic E-state index is 11.2. The zero-order valence-corrected chi connectivity index (χ0v) is 9.66. The maximum Gasteiger partial charge on any atom is 0.296 e. The van der Waals surface area contributed by atoms with E-state index in [9.17, 15) is 14.9 Å². The van der Waals surface area contributed by atoms with Crippen molar-refractivity contribution < 1.29 is 9.72 Å². The first kappa shape index (κ1) is 11.9. The Kier molecular flexibility index (Phi) is 3.14. The lowest BCUT2D eigenvalue weighted by molar-refractivity contribution is -0.384. The smallest absolute Gasteiger partial charge is 0.294 e. The Morgan fingerprint density at radius 2 is 1.94 bits per heavy atom. The van der Waals surface area contributed by atoms with Crippen LogP contribution in [-0.2, 0) is 0 Å². The molecule has 0 aliphatic rings. The largest absolute Gasteiger partial charge is 0.296 e. The average molecular weight is 242 g/mol. The van der Waals surface area contributed by atoms with Gasteiger partial charge in [-0.05, 0) is 6.92 Å². The zero-order chi connectivity index (χ0) is 13.1. The van der Waals surface area contributed by atoms with Crippen LogP contribution in [0.3, 0.4) is 0 Å². The second-order valence-electron chi connectivity index (χ2n) is 3.77. The van der Waals surface area contributed by atoms with Crippen molar-refractivity contribution in [2.24, 2.45) is 0 Å². The summed E-state index contributed by atoms with van der Waals surface area (Å²) in [4.78, 5) is 25.7. The van der Waals surface area contributed by atoms with Crippen molar-refractivity contribution in [2.75, 3.05) is 0 Å². The molecule has 0 radical (unpaired) electrons. The van der Waals surface area contributed by atoms with Gasteiger partial charge in [0.25, 0.3) is 5.69 Å². The molecule has 90 valence electrons. The van der Waals surface area contributed by atoms with Crippen LogP contribution in [0.25, 0.3) is 11.3 Å². The van der Waals surface area contributed by atoms with Gasteiger partial charge in [-0.1, -0.05) is 30.3 Å². The minimum atomic E-state index is -0.526. The highest BCUT2D eigenvalue weighted by Crippen LogP contribution is 2.28. The number of aromatic nitrogens is 1. The second kappa shape index (κ2) is 4.75. The lowest BCUT2D eigenvalue weighted by Crippen LogP contribution is -2.00. The molecule has 5 nitrogen and oxygen atoms in total. The van der Waals surface area contributed by atoms with E-state index in [0.29, 0.717) is 5.56 Å². The molecule has 2 aromatic rings. The number of benzene rings is 1. The summed E-state index contributed by atoms with van der Waals surface area (Å²) in [5.74, 6) is -0.245. The van der Waals surface area contributed by atoms with E-state index in [2.05, 4.69) is 4.98 Å². The van der Waals surface area contributed by atoms with Gasteiger partial charge in [-0.3, -0.25) is 14.9 Å². The highest BCUT2D eigenvalue weighted by molar-refractivity contribution is 5.95. The summed E-state index contributed by atoms with van der Waals surface area (Å²) in [6.07, 6.45) is 1.36. The van der Waals surface area contributed by atoms with E-state index in [1.807, 2.05) is 6.07 Å². The van der Waals surface area contributed by atoms with Gasteiger partial charge >= 0.3 is 0 Å². The number of hydrogen-bond donors (Lipinski definition) is 0. The summed E-state index contributed by atoms with van der Waals surface area (Å²) in [7, 11) is 0. The predicted molar refractivity (Wildman–Crippen MR) is 66.3 cm³/mol. The van der Waals surface area contributed by atoms with Gasteiger partial charge in [0.15, 0.2) is 5.78 Å². The Balaban J connectivity index is 2.61. The molecule has 18 heavy (non-hydrogen) atoms. The van der Waals surface area contributed by atoms with Crippen molar-refractivity contribution in [3.63, 3.8) is 0 Å². The number of ketones is 1. The van der Waals surface area contributed by atoms with Gasteiger partial charge in [0.2, 0.25) is 0 Å². The van der Waals surface area contributed by atoms with E-state index < -0.39 is 4.92 Å². The predicted octanol–water partition coefficient (Wildman–Crippen LogP) is 2.86. The third-order valence-electron chi connectivity index (χ3n) is 2.52. The lowest BCUT2D eigenvalue weighted by atomic mass is 10.1. The van der Waals surface area contributed by atoms with Crippen molar-refractivity contribution >= 4 is 11.5 Å². The Labute approximate surface area is 103 Å². The van der Waals surface area contributed by atoms with Gasteiger partial charge in [0.05, 0.1) is 4.92 Å².